The Morgan fingerprint density at radius 1 is 0.893 bits per heavy atom. The van der Waals surface area contributed by atoms with E-state index in [4.69, 9.17) is 0 Å². The van der Waals surface area contributed by atoms with Gasteiger partial charge in [0.2, 0.25) is 0 Å². The highest BCUT2D eigenvalue weighted by Crippen LogP contribution is 2.30. The first kappa shape index (κ1) is 18.3. The molecule has 1 amide bonds. The van der Waals surface area contributed by atoms with Crippen LogP contribution in [0.2, 0.25) is 0 Å². The zero-order chi connectivity index (χ0) is 19.7. The summed E-state index contributed by atoms with van der Waals surface area (Å²) in [6.07, 6.45) is 1.41. The fraction of sp³-hybridized carbons (Fsp3) is 0. The molecule has 0 bridgehead atoms. The molecule has 1 heterocycles. The molecule has 0 aliphatic carbocycles. The highest BCUT2D eigenvalue weighted by molar-refractivity contribution is 9.10. The van der Waals surface area contributed by atoms with Gasteiger partial charge in [-0.25, -0.2) is 13.8 Å². The van der Waals surface area contributed by atoms with Gasteiger partial charge in [-0.15, -0.1) is 0 Å². The highest BCUT2D eigenvalue weighted by Gasteiger charge is 2.33. The maximum atomic E-state index is 14.1. The largest absolute Gasteiger partial charge is 0.282 e. The molecule has 28 heavy (non-hydrogen) atoms. The quantitative estimate of drug-likeness (QED) is 0.492. The number of benzene rings is 3. The van der Waals surface area contributed by atoms with Gasteiger partial charge in [-0.2, -0.15) is 0 Å². The summed E-state index contributed by atoms with van der Waals surface area (Å²) in [4.78, 5) is 19.0. The van der Waals surface area contributed by atoms with Gasteiger partial charge in [0.15, 0.2) is 0 Å². The molecule has 3 aromatic rings. The van der Waals surface area contributed by atoms with Crippen LogP contribution >= 0.6 is 15.9 Å². The van der Waals surface area contributed by atoms with Crippen molar-refractivity contribution in [1.29, 1.82) is 0 Å². The second-order valence-electron chi connectivity index (χ2n) is 6.08. The van der Waals surface area contributed by atoms with E-state index in [2.05, 4.69) is 20.9 Å². The number of nitrogens with zero attached hydrogens (tertiary/aromatic N) is 2. The van der Waals surface area contributed by atoms with E-state index < -0.39 is 17.5 Å². The summed E-state index contributed by atoms with van der Waals surface area (Å²) in [5.41, 5.74) is 1.53. The summed E-state index contributed by atoms with van der Waals surface area (Å²) in [7, 11) is 0. The van der Waals surface area contributed by atoms with Gasteiger partial charge in [0.1, 0.15) is 23.2 Å². The van der Waals surface area contributed by atoms with Crippen LogP contribution in [0.25, 0.3) is 6.08 Å². The Morgan fingerprint density at radius 2 is 1.57 bits per heavy atom. The number of halogens is 3. The van der Waals surface area contributed by atoms with Crippen LogP contribution in [-0.2, 0) is 4.79 Å². The van der Waals surface area contributed by atoms with Crippen LogP contribution in [0.3, 0.4) is 0 Å². The second-order valence-corrected chi connectivity index (χ2v) is 6.94. The topological polar surface area (TPSA) is 32.7 Å². The summed E-state index contributed by atoms with van der Waals surface area (Å²) in [5, 5.41) is 0. The molecule has 0 unspecified atom stereocenters. The molecule has 0 fully saturated rings. The van der Waals surface area contributed by atoms with Crippen LogP contribution in [0.4, 0.5) is 14.5 Å². The second kappa shape index (κ2) is 7.48. The predicted molar refractivity (Wildman–Crippen MR) is 109 cm³/mol. The van der Waals surface area contributed by atoms with Gasteiger partial charge in [0, 0.05) is 15.6 Å². The third-order valence-electron chi connectivity index (χ3n) is 4.26. The monoisotopic (exact) mass is 438 g/mol. The summed E-state index contributed by atoms with van der Waals surface area (Å²) in [6, 6.07) is 19.1. The van der Waals surface area contributed by atoms with Crippen molar-refractivity contribution >= 4 is 39.4 Å². The number of amides is 1. The molecule has 0 N–H and O–H groups in total. The molecule has 0 saturated heterocycles. The van der Waals surface area contributed by atoms with E-state index in [0.717, 1.165) is 4.47 Å². The minimum Gasteiger partial charge on any atom is -0.266 e. The molecule has 3 nitrogen and oxygen atoms in total. The normalized spacial score (nSPS) is 15.2. The van der Waals surface area contributed by atoms with Gasteiger partial charge in [0.05, 0.1) is 5.69 Å². The molecule has 0 spiro atoms. The zero-order valence-corrected chi connectivity index (χ0v) is 16.0. The van der Waals surface area contributed by atoms with E-state index >= 15 is 0 Å². The minimum absolute atomic E-state index is 0.0974. The molecule has 4 rings (SSSR count). The fourth-order valence-corrected chi connectivity index (χ4v) is 3.37. The van der Waals surface area contributed by atoms with Crippen LogP contribution in [0.1, 0.15) is 11.1 Å². The molecule has 0 atom stereocenters. The van der Waals surface area contributed by atoms with Crippen molar-refractivity contribution in [1.82, 2.24) is 0 Å². The zero-order valence-electron chi connectivity index (χ0n) is 14.4. The van der Waals surface area contributed by atoms with E-state index in [1.54, 1.807) is 18.2 Å². The maximum absolute atomic E-state index is 14.1. The Morgan fingerprint density at radius 3 is 2.29 bits per heavy atom. The average molecular weight is 439 g/mol. The Balaban J connectivity index is 1.87. The fourth-order valence-electron chi connectivity index (χ4n) is 2.91. The van der Waals surface area contributed by atoms with Gasteiger partial charge < -0.3 is 0 Å². The molecule has 1 aliphatic heterocycles. The molecule has 138 valence electrons. The number of anilines is 1. The van der Waals surface area contributed by atoms with E-state index in [9.17, 15) is 13.6 Å². The molecule has 0 saturated carbocycles. The first-order valence-corrected chi connectivity index (χ1v) is 9.24. The molecular formula is C22H13BrF2N2O. The standard InChI is InChI=1S/C22H13BrF2N2O/c23-18-7-3-2-6-17(18)21-26-20(13-14-5-1-4-8-19(14)25)22(28)27(21)16-11-9-15(24)10-12-16/h1-13H/b20-13+. The minimum atomic E-state index is -0.444. The SMILES string of the molecule is O=C1/C(=C\c2ccccc2F)N=C(c2ccccc2Br)N1c1ccc(F)cc1. The smallest absolute Gasteiger partial charge is 0.266 e. The van der Waals surface area contributed by atoms with Crippen LogP contribution in [0.5, 0.6) is 0 Å². The summed E-state index contributed by atoms with van der Waals surface area (Å²) in [6.45, 7) is 0. The van der Waals surface area contributed by atoms with Gasteiger partial charge in [-0.05, 0) is 42.5 Å². The Kier molecular flexibility index (Phi) is 4.88. The first-order chi connectivity index (χ1) is 13.5. The number of hydrogen-bond donors (Lipinski definition) is 0. The summed E-state index contributed by atoms with van der Waals surface area (Å²) >= 11 is 3.48. The Hall–Kier alpha value is -3.12. The predicted octanol–water partition coefficient (Wildman–Crippen LogP) is 5.56. The number of hydrogen-bond acceptors (Lipinski definition) is 2. The van der Waals surface area contributed by atoms with Crippen LogP contribution in [0.15, 0.2) is 88.0 Å². The average Bonchev–Trinajstić information content (AvgIpc) is 3.01. The summed E-state index contributed by atoms with van der Waals surface area (Å²) < 4.78 is 28.2. The Labute approximate surface area is 168 Å². The van der Waals surface area contributed by atoms with Crippen molar-refractivity contribution in [3.05, 3.63) is 106 Å². The highest BCUT2D eigenvalue weighted by atomic mass is 79.9. The van der Waals surface area contributed by atoms with E-state index in [1.807, 2.05) is 24.3 Å². The van der Waals surface area contributed by atoms with Crippen LogP contribution in [0, 0.1) is 11.6 Å². The lowest BCUT2D eigenvalue weighted by molar-refractivity contribution is -0.113. The van der Waals surface area contributed by atoms with Gasteiger partial charge in [0.25, 0.3) is 5.91 Å². The van der Waals surface area contributed by atoms with E-state index in [1.165, 1.54) is 41.3 Å². The number of carbonyl (C=O) groups is 1. The molecule has 0 radical (unpaired) electrons. The van der Waals surface area contributed by atoms with Gasteiger partial charge in [-0.3, -0.25) is 9.69 Å². The lowest BCUT2D eigenvalue weighted by Crippen LogP contribution is -2.32. The molecule has 3 aromatic carbocycles. The van der Waals surface area contributed by atoms with Gasteiger partial charge in [-0.1, -0.05) is 52.3 Å². The maximum Gasteiger partial charge on any atom is 0.282 e. The van der Waals surface area contributed by atoms with Crippen molar-refractivity contribution in [3.63, 3.8) is 0 Å². The van der Waals surface area contributed by atoms with E-state index in [-0.39, 0.29) is 11.3 Å². The van der Waals surface area contributed by atoms with Crippen molar-refractivity contribution in [2.45, 2.75) is 0 Å². The Bertz CT molecular complexity index is 1120. The first-order valence-electron chi connectivity index (χ1n) is 8.44. The van der Waals surface area contributed by atoms with E-state index in [0.29, 0.717) is 17.1 Å². The lowest BCUT2D eigenvalue weighted by atomic mass is 10.1. The van der Waals surface area contributed by atoms with Crippen molar-refractivity contribution in [2.24, 2.45) is 4.99 Å². The number of aliphatic imine (C=N–C) groups is 1. The third-order valence-corrected chi connectivity index (χ3v) is 4.95. The van der Waals surface area contributed by atoms with Crippen LogP contribution < -0.4 is 4.90 Å². The molecule has 6 heteroatoms. The van der Waals surface area contributed by atoms with Crippen LogP contribution in [-0.4, -0.2) is 11.7 Å². The molecule has 0 aromatic heterocycles. The van der Waals surface area contributed by atoms with Crippen molar-refractivity contribution in [2.75, 3.05) is 4.90 Å². The lowest BCUT2D eigenvalue weighted by Gasteiger charge is -2.19. The van der Waals surface area contributed by atoms with Crippen molar-refractivity contribution in [3.8, 4) is 0 Å². The number of rotatable bonds is 3. The third kappa shape index (κ3) is 3.39. The van der Waals surface area contributed by atoms with Crippen molar-refractivity contribution < 1.29 is 13.6 Å². The molecule has 1 aliphatic rings. The number of carbonyl (C=O) groups excluding carboxylic acids is 1. The summed E-state index contributed by atoms with van der Waals surface area (Å²) in [5.74, 6) is -0.884. The number of amidine groups is 1. The molecular weight excluding hydrogens is 426 g/mol. The van der Waals surface area contributed by atoms with Gasteiger partial charge >= 0.3 is 0 Å².